The first-order chi connectivity index (χ1) is 7.24. The molecule has 1 aromatic rings. The minimum atomic E-state index is -0.0840. The third-order valence-corrected chi connectivity index (χ3v) is 2.07. The van der Waals surface area contributed by atoms with Crippen LogP contribution in [0.1, 0.15) is 23.2 Å². The molecule has 0 aromatic heterocycles. The number of nitrogen functional groups attached to an aromatic ring is 1. The molecular weight excluding hydrogens is 190 g/mol. The summed E-state index contributed by atoms with van der Waals surface area (Å²) in [5.74, 6) is -0.0840. The van der Waals surface area contributed by atoms with Crippen LogP contribution in [-0.4, -0.2) is 19.0 Å². The van der Waals surface area contributed by atoms with Crippen LogP contribution < -0.4 is 16.8 Å². The fraction of sp³-hybridized carbons (Fsp3) is 0.364. The minimum Gasteiger partial charge on any atom is -0.399 e. The summed E-state index contributed by atoms with van der Waals surface area (Å²) in [6, 6.07) is 6.93. The molecule has 82 valence electrons. The Bertz CT molecular complexity index is 325. The van der Waals surface area contributed by atoms with Gasteiger partial charge in [0, 0.05) is 17.8 Å². The van der Waals surface area contributed by atoms with Gasteiger partial charge in [0.05, 0.1) is 0 Å². The number of amides is 1. The topological polar surface area (TPSA) is 81.1 Å². The van der Waals surface area contributed by atoms with E-state index < -0.39 is 0 Å². The van der Waals surface area contributed by atoms with Gasteiger partial charge >= 0.3 is 0 Å². The molecule has 0 atom stereocenters. The summed E-state index contributed by atoms with van der Waals surface area (Å²) < 4.78 is 0. The quantitative estimate of drug-likeness (QED) is 0.492. The molecular formula is C11H17N3O. The second kappa shape index (κ2) is 6.03. The average molecular weight is 207 g/mol. The lowest BCUT2D eigenvalue weighted by molar-refractivity contribution is 0.0953. The zero-order valence-corrected chi connectivity index (χ0v) is 8.70. The van der Waals surface area contributed by atoms with Gasteiger partial charge in [0.2, 0.25) is 0 Å². The van der Waals surface area contributed by atoms with Crippen LogP contribution in [0.2, 0.25) is 0 Å². The number of hydrogen-bond acceptors (Lipinski definition) is 3. The van der Waals surface area contributed by atoms with Crippen molar-refractivity contribution in [2.75, 3.05) is 18.8 Å². The molecule has 15 heavy (non-hydrogen) atoms. The molecule has 1 aromatic carbocycles. The highest BCUT2D eigenvalue weighted by Gasteiger charge is 2.03. The standard InChI is InChI=1S/C11H17N3O/c12-6-1-2-7-14-11(15)9-4-3-5-10(13)8-9/h3-5,8H,1-2,6-7,12-13H2,(H,14,15). The Morgan fingerprint density at radius 1 is 1.33 bits per heavy atom. The summed E-state index contributed by atoms with van der Waals surface area (Å²) in [6.45, 7) is 1.32. The highest BCUT2D eigenvalue weighted by molar-refractivity contribution is 5.94. The van der Waals surface area contributed by atoms with Gasteiger partial charge in [-0.1, -0.05) is 6.07 Å². The number of rotatable bonds is 5. The van der Waals surface area contributed by atoms with E-state index in [9.17, 15) is 4.79 Å². The molecule has 0 unspecified atom stereocenters. The van der Waals surface area contributed by atoms with E-state index in [1.54, 1.807) is 24.3 Å². The summed E-state index contributed by atoms with van der Waals surface area (Å²) in [5, 5.41) is 2.81. The van der Waals surface area contributed by atoms with Gasteiger partial charge in [-0.2, -0.15) is 0 Å². The van der Waals surface area contributed by atoms with Crippen LogP contribution in [-0.2, 0) is 0 Å². The Labute approximate surface area is 89.6 Å². The van der Waals surface area contributed by atoms with Crippen LogP contribution >= 0.6 is 0 Å². The lowest BCUT2D eigenvalue weighted by atomic mass is 10.2. The maximum absolute atomic E-state index is 11.6. The lowest BCUT2D eigenvalue weighted by Gasteiger charge is -2.04. The highest BCUT2D eigenvalue weighted by atomic mass is 16.1. The maximum atomic E-state index is 11.6. The van der Waals surface area contributed by atoms with Crippen molar-refractivity contribution in [3.63, 3.8) is 0 Å². The molecule has 1 rings (SSSR count). The summed E-state index contributed by atoms with van der Waals surface area (Å²) in [5.41, 5.74) is 12.1. The molecule has 0 aliphatic carbocycles. The van der Waals surface area contributed by atoms with Crippen molar-refractivity contribution in [3.8, 4) is 0 Å². The van der Waals surface area contributed by atoms with E-state index in [0.717, 1.165) is 12.8 Å². The molecule has 5 N–H and O–H groups in total. The second-order valence-corrected chi connectivity index (χ2v) is 3.38. The molecule has 0 saturated heterocycles. The molecule has 0 heterocycles. The van der Waals surface area contributed by atoms with Gasteiger partial charge < -0.3 is 16.8 Å². The Hall–Kier alpha value is -1.55. The molecule has 0 aliphatic rings. The minimum absolute atomic E-state index is 0.0840. The monoisotopic (exact) mass is 207 g/mol. The number of carbonyl (C=O) groups is 1. The van der Waals surface area contributed by atoms with Crippen molar-refractivity contribution in [3.05, 3.63) is 29.8 Å². The fourth-order valence-electron chi connectivity index (χ4n) is 1.25. The SMILES string of the molecule is NCCCCNC(=O)c1cccc(N)c1. The lowest BCUT2D eigenvalue weighted by Crippen LogP contribution is -2.24. The Balaban J connectivity index is 2.40. The van der Waals surface area contributed by atoms with Crippen LogP contribution in [0.25, 0.3) is 0 Å². The third-order valence-electron chi connectivity index (χ3n) is 2.07. The van der Waals surface area contributed by atoms with Gasteiger partial charge in [-0.05, 0) is 37.6 Å². The summed E-state index contributed by atoms with van der Waals surface area (Å²) in [4.78, 5) is 11.6. The first-order valence-electron chi connectivity index (χ1n) is 5.08. The molecule has 4 heteroatoms. The normalized spacial score (nSPS) is 9.93. The predicted octanol–water partition coefficient (Wildman–Crippen LogP) is 0.738. The van der Waals surface area contributed by atoms with Crippen LogP contribution in [0.3, 0.4) is 0 Å². The highest BCUT2D eigenvalue weighted by Crippen LogP contribution is 2.05. The molecule has 0 fully saturated rings. The molecule has 0 bridgehead atoms. The van der Waals surface area contributed by atoms with E-state index in [1.165, 1.54) is 0 Å². The third kappa shape index (κ3) is 3.99. The number of nitrogens with one attached hydrogen (secondary N) is 1. The Morgan fingerprint density at radius 2 is 2.13 bits per heavy atom. The summed E-state index contributed by atoms with van der Waals surface area (Å²) in [6.07, 6.45) is 1.84. The van der Waals surface area contributed by atoms with Gasteiger partial charge in [0.1, 0.15) is 0 Å². The smallest absolute Gasteiger partial charge is 0.251 e. The maximum Gasteiger partial charge on any atom is 0.251 e. The predicted molar refractivity (Wildman–Crippen MR) is 61.5 cm³/mol. The zero-order valence-electron chi connectivity index (χ0n) is 8.70. The zero-order chi connectivity index (χ0) is 11.1. The molecule has 0 aliphatic heterocycles. The average Bonchev–Trinajstić information content (AvgIpc) is 2.24. The summed E-state index contributed by atoms with van der Waals surface area (Å²) in [7, 11) is 0. The molecule has 4 nitrogen and oxygen atoms in total. The summed E-state index contributed by atoms with van der Waals surface area (Å²) >= 11 is 0. The largest absolute Gasteiger partial charge is 0.399 e. The molecule has 0 spiro atoms. The number of benzene rings is 1. The van der Waals surface area contributed by atoms with Crippen molar-refractivity contribution < 1.29 is 4.79 Å². The van der Waals surface area contributed by atoms with Gasteiger partial charge in [-0.25, -0.2) is 0 Å². The van der Waals surface area contributed by atoms with E-state index in [4.69, 9.17) is 11.5 Å². The molecule has 1 amide bonds. The molecule has 0 saturated carbocycles. The van der Waals surface area contributed by atoms with Crippen molar-refractivity contribution in [2.24, 2.45) is 5.73 Å². The number of unbranched alkanes of at least 4 members (excludes halogenated alkanes) is 1. The van der Waals surface area contributed by atoms with E-state index in [0.29, 0.717) is 24.3 Å². The Kier molecular flexibility index (Phi) is 4.63. The van der Waals surface area contributed by atoms with Crippen LogP contribution in [0.4, 0.5) is 5.69 Å². The van der Waals surface area contributed by atoms with Crippen LogP contribution in [0, 0.1) is 0 Å². The van der Waals surface area contributed by atoms with Crippen LogP contribution in [0.5, 0.6) is 0 Å². The number of hydrogen-bond donors (Lipinski definition) is 3. The van der Waals surface area contributed by atoms with Crippen molar-refractivity contribution in [1.82, 2.24) is 5.32 Å². The Morgan fingerprint density at radius 3 is 2.80 bits per heavy atom. The van der Waals surface area contributed by atoms with E-state index in [1.807, 2.05) is 0 Å². The van der Waals surface area contributed by atoms with Gasteiger partial charge in [0.15, 0.2) is 0 Å². The number of anilines is 1. The first-order valence-corrected chi connectivity index (χ1v) is 5.08. The second-order valence-electron chi connectivity index (χ2n) is 3.38. The van der Waals surface area contributed by atoms with E-state index >= 15 is 0 Å². The van der Waals surface area contributed by atoms with E-state index in [-0.39, 0.29) is 5.91 Å². The van der Waals surface area contributed by atoms with Gasteiger partial charge in [-0.3, -0.25) is 4.79 Å². The van der Waals surface area contributed by atoms with Crippen molar-refractivity contribution in [2.45, 2.75) is 12.8 Å². The fourth-order valence-corrected chi connectivity index (χ4v) is 1.25. The van der Waals surface area contributed by atoms with Crippen molar-refractivity contribution in [1.29, 1.82) is 0 Å². The molecule has 0 radical (unpaired) electrons. The van der Waals surface area contributed by atoms with Crippen molar-refractivity contribution >= 4 is 11.6 Å². The number of nitrogens with two attached hydrogens (primary N) is 2. The van der Waals surface area contributed by atoms with E-state index in [2.05, 4.69) is 5.32 Å². The first kappa shape index (κ1) is 11.5. The number of carbonyl (C=O) groups excluding carboxylic acids is 1. The van der Waals surface area contributed by atoms with Gasteiger partial charge in [0.25, 0.3) is 5.91 Å². The van der Waals surface area contributed by atoms with Crippen LogP contribution in [0.15, 0.2) is 24.3 Å². The van der Waals surface area contributed by atoms with Gasteiger partial charge in [-0.15, -0.1) is 0 Å².